The molecule has 0 bridgehead atoms. The summed E-state index contributed by atoms with van der Waals surface area (Å²) in [4.78, 5) is 0. The van der Waals surface area contributed by atoms with Gasteiger partial charge in [-0.15, -0.1) is 0 Å². The molecule has 0 aliphatic rings. The van der Waals surface area contributed by atoms with Crippen LogP contribution in [0.15, 0.2) is 22.7 Å². The second kappa shape index (κ2) is 5.04. The van der Waals surface area contributed by atoms with Gasteiger partial charge in [-0.05, 0) is 61.3 Å². The van der Waals surface area contributed by atoms with Gasteiger partial charge in [0.1, 0.15) is 5.82 Å². The monoisotopic (exact) mass is 303 g/mol. The van der Waals surface area contributed by atoms with Gasteiger partial charge in [0.15, 0.2) is 0 Å². The lowest BCUT2D eigenvalue weighted by atomic mass is 9.86. The fraction of sp³-hybridized carbons (Fsp3) is 0.538. The van der Waals surface area contributed by atoms with Crippen LogP contribution in [0.2, 0.25) is 0 Å². The second-order valence-electron chi connectivity index (χ2n) is 5.29. The van der Waals surface area contributed by atoms with Crippen LogP contribution in [0.3, 0.4) is 0 Å². The third-order valence-electron chi connectivity index (χ3n) is 3.25. The van der Waals surface area contributed by atoms with Gasteiger partial charge < -0.3 is 10.4 Å². The number of benzene rings is 1. The van der Waals surface area contributed by atoms with Crippen LogP contribution in [0.5, 0.6) is 0 Å². The first kappa shape index (κ1) is 14.6. The zero-order valence-electron chi connectivity index (χ0n) is 10.6. The maximum atomic E-state index is 13.1. The molecule has 4 heteroatoms. The van der Waals surface area contributed by atoms with E-state index < -0.39 is 11.1 Å². The maximum Gasteiger partial charge on any atom is 0.137 e. The molecular formula is C13H19BrFNO. The highest BCUT2D eigenvalue weighted by atomic mass is 79.9. The Labute approximate surface area is 110 Å². The van der Waals surface area contributed by atoms with Crippen LogP contribution in [0.25, 0.3) is 0 Å². The molecule has 0 radical (unpaired) electrons. The van der Waals surface area contributed by atoms with Gasteiger partial charge >= 0.3 is 0 Å². The van der Waals surface area contributed by atoms with Crippen molar-refractivity contribution in [3.05, 3.63) is 34.1 Å². The van der Waals surface area contributed by atoms with Crippen molar-refractivity contribution in [3.8, 4) is 0 Å². The highest BCUT2D eigenvalue weighted by molar-refractivity contribution is 9.10. The minimum atomic E-state index is -0.829. The molecular weight excluding hydrogens is 285 g/mol. The molecule has 0 unspecified atom stereocenters. The zero-order chi connectivity index (χ0) is 13.3. The van der Waals surface area contributed by atoms with Gasteiger partial charge in [0.05, 0.1) is 10.1 Å². The second-order valence-corrected chi connectivity index (χ2v) is 6.14. The molecule has 2 nitrogen and oxygen atoms in total. The van der Waals surface area contributed by atoms with Crippen molar-refractivity contribution in [1.29, 1.82) is 0 Å². The molecule has 0 fully saturated rings. The van der Waals surface area contributed by atoms with Crippen LogP contribution in [0, 0.1) is 5.82 Å². The zero-order valence-corrected chi connectivity index (χ0v) is 12.2. The van der Waals surface area contributed by atoms with Crippen molar-refractivity contribution in [3.63, 3.8) is 0 Å². The van der Waals surface area contributed by atoms with E-state index in [1.54, 1.807) is 26.0 Å². The van der Waals surface area contributed by atoms with Crippen LogP contribution in [-0.2, 0) is 6.54 Å². The Hall–Kier alpha value is -0.450. The summed E-state index contributed by atoms with van der Waals surface area (Å²) in [6.07, 6.45) is 0. The van der Waals surface area contributed by atoms with Crippen molar-refractivity contribution in [2.45, 2.75) is 45.4 Å². The van der Waals surface area contributed by atoms with E-state index >= 15 is 0 Å². The highest BCUT2D eigenvalue weighted by Crippen LogP contribution is 2.22. The van der Waals surface area contributed by atoms with Gasteiger partial charge in [0.2, 0.25) is 0 Å². The van der Waals surface area contributed by atoms with E-state index in [1.165, 1.54) is 6.07 Å². The molecule has 0 aliphatic heterocycles. The molecule has 2 N–H and O–H groups in total. The number of aliphatic hydroxyl groups is 1. The first-order chi connectivity index (χ1) is 7.63. The van der Waals surface area contributed by atoms with Crippen molar-refractivity contribution in [2.75, 3.05) is 0 Å². The fourth-order valence-corrected chi connectivity index (χ4v) is 1.62. The fourth-order valence-electron chi connectivity index (χ4n) is 1.19. The molecule has 0 heterocycles. The Morgan fingerprint density at radius 1 is 1.29 bits per heavy atom. The number of hydrogen-bond donors (Lipinski definition) is 2. The predicted octanol–water partition coefficient (Wildman–Crippen LogP) is 3.23. The van der Waals surface area contributed by atoms with E-state index in [0.717, 1.165) is 5.56 Å². The molecule has 0 saturated carbocycles. The topological polar surface area (TPSA) is 32.3 Å². The van der Waals surface area contributed by atoms with E-state index in [2.05, 4.69) is 21.2 Å². The molecule has 0 aromatic heterocycles. The van der Waals surface area contributed by atoms with Crippen molar-refractivity contribution in [2.24, 2.45) is 0 Å². The highest BCUT2D eigenvalue weighted by Gasteiger charge is 2.34. The molecule has 17 heavy (non-hydrogen) atoms. The van der Waals surface area contributed by atoms with Gasteiger partial charge in [-0.1, -0.05) is 6.07 Å². The SMILES string of the molecule is CC(C)(O)C(C)(C)NCc1ccc(F)c(Br)c1. The number of hydrogen-bond acceptors (Lipinski definition) is 2. The lowest BCUT2D eigenvalue weighted by molar-refractivity contribution is -0.00532. The van der Waals surface area contributed by atoms with Gasteiger partial charge in [0.25, 0.3) is 0 Å². The van der Waals surface area contributed by atoms with Crippen molar-refractivity contribution < 1.29 is 9.50 Å². The van der Waals surface area contributed by atoms with E-state index in [9.17, 15) is 9.50 Å². The first-order valence-corrected chi connectivity index (χ1v) is 6.34. The molecule has 1 rings (SSSR count). The lowest BCUT2D eigenvalue weighted by Crippen LogP contribution is -2.55. The minimum absolute atomic E-state index is 0.268. The van der Waals surface area contributed by atoms with Crippen LogP contribution < -0.4 is 5.32 Å². The van der Waals surface area contributed by atoms with Gasteiger partial charge in [-0.2, -0.15) is 0 Å². The molecule has 0 spiro atoms. The van der Waals surface area contributed by atoms with E-state index in [-0.39, 0.29) is 5.82 Å². The third-order valence-corrected chi connectivity index (χ3v) is 3.86. The summed E-state index contributed by atoms with van der Waals surface area (Å²) in [6.45, 7) is 7.98. The minimum Gasteiger partial charge on any atom is -0.389 e. The summed E-state index contributed by atoms with van der Waals surface area (Å²) in [6, 6.07) is 4.90. The Kier molecular flexibility index (Phi) is 4.33. The Bertz CT molecular complexity index is 399. The number of rotatable bonds is 4. The molecule has 96 valence electrons. The average molecular weight is 304 g/mol. The maximum absolute atomic E-state index is 13.1. The third kappa shape index (κ3) is 3.76. The first-order valence-electron chi connectivity index (χ1n) is 5.55. The molecule has 0 saturated heterocycles. The quantitative estimate of drug-likeness (QED) is 0.895. The largest absolute Gasteiger partial charge is 0.389 e. The summed E-state index contributed by atoms with van der Waals surface area (Å²) >= 11 is 3.15. The van der Waals surface area contributed by atoms with Gasteiger partial charge in [-0.25, -0.2) is 4.39 Å². The Morgan fingerprint density at radius 3 is 2.35 bits per heavy atom. The Balaban J connectivity index is 2.71. The summed E-state index contributed by atoms with van der Waals surface area (Å²) in [5.41, 5.74) is -0.284. The molecule has 0 amide bonds. The summed E-state index contributed by atoms with van der Waals surface area (Å²) < 4.78 is 13.5. The van der Waals surface area contributed by atoms with Crippen LogP contribution in [0.4, 0.5) is 4.39 Å². The van der Waals surface area contributed by atoms with E-state index in [4.69, 9.17) is 0 Å². The predicted molar refractivity (Wildman–Crippen MR) is 71.3 cm³/mol. The molecule has 0 aliphatic carbocycles. The van der Waals surface area contributed by atoms with Crippen LogP contribution in [0.1, 0.15) is 33.3 Å². The summed E-state index contributed by atoms with van der Waals surface area (Å²) in [5, 5.41) is 13.3. The van der Waals surface area contributed by atoms with Gasteiger partial charge in [-0.3, -0.25) is 0 Å². The molecule has 0 atom stereocenters. The van der Waals surface area contributed by atoms with Crippen LogP contribution >= 0.6 is 15.9 Å². The molecule has 1 aromatic rings. The standard InChI is InChI=1S/C13H19BrFNO/c1-12(2,13(3,4)17)16-8-9-5-6-11(15)10(14)7-9/h5-7,16-17H,8H2,1-4H3. The number of nitrogens with one attached hydrogen (secondary N) is 1. The van der Waals surface area contributed by atoms with E-state index in [0.29, 0.717) is 11.0 Å². The van der Waals surface area contributed by atoms with Crippen LogP contribution in [-0.4, -0.2) is 16.2 Å². The number of halogens is 2. The average Bonchev–Trinajstić information content (AvgIpc) is 2.18. The lowest BCUT2D eigenvalue weighted by Gasteiger charge is -2.38. The molecule has 1 aromatic carbocycles. The van der Waals surface area contributed by atoms with Crippen molar-refractivity contribution in [1.82, 2.24) is 5.32 Å². The van der Waals surface area contributed by atoms with Gasteiger partial charge in [0, 0.05) is 12.1 Å². The Morgan fingerprint density at radius 2 is 1.88 bits per heavy atom. The smallest absolute Gasteiger partial charge is 0.137 e. The summed E-state index contributed by atoms with van der Waals surface area (Å²) in [7, 11) is 0. The normalized spacial score (nSPS) is 12.9. The summed E-state index contributed by atoms with van der Waals surface area (Å²) in [5.74, 6) is -0.268. The van der Waals surface area contributed by atoms with E-state index in [1.807, 2.05) is 13.8 Å². The van der Waals surface area contributed by atoms with Crippen molar-refractivity contribution >= 4 is 15.9 Å².